The van der Waals surface area contributed by atoms with Crippen LogP contribution in [0.5, 0.6) is 0 Å². The zero-order valence-electron chi connectivity index (χ0n) is 9.80. The van der Waals surface area contributed by atoms with Crippen LogP contribution in [-0.4, -0.2) is 12.0 Å². The Hall–Kier alpha value is 0.310. The molecule has 0 saturated carbocycles. The molecule has 2 heteroatoms. The van der Waals surface area contributed by atoms with E-state index in [0.29, 0.717) is 0 Å². The number of hydrogen-bond acceptors (Lipinski definition) is 2. The molecule has 0 spiro atoms. The highest BCUT2D eigenvalue weighted by molar-refractivity contribution is 7.80. The van der Waals surface area contributed by atoms with Gasteiger partial charge in [-0.3, -0.25) is 0 Å². The van der Waals surface area contributed by atoms with E-state index in [1.165, 1.54) is 44.9 Å². The van der Waals surface area contributed by atoms with Crippen molar-refractivity contribution < 1.29 is 4.74 Å². The van der Waals surface area contributed by atoms with Gasteiger partial charge in [-0.25, -0.2) is 0 Å². The SMILES string of the molecule is CCCCCCCCCOC(S)CC. The standard InChI is InChI=1S/C12H26OS/c1-3-5-6-7-8-9-10-11-13-12(14)4-2/h12,14H,3-11H2,1-2H3. The van der Waals surface area contributed by atoms with Crippen LogP contribution in [0, 0.1) is 0 Å². The molecular formula is C12H26OS. The second-order valence-corrected chi connectivity index (χ2v) is 4.43. The topological polar surface area (TPSA) is 9.23 Å². The van der Waals surface area contributed by atoms with Crippen LogP contribution in [0.25, 0.3) is 0 Å². The van der Waals surface area contributed by atoms with E-state index in [1.807, 2.05) is 0 Å². The van der Waals surface area contributed by atoms with E-state index in [1.54, 1.807) is 0 Å². The van der Waals surface area contributed by atoms with Crippen LogP contribution >= 0.6 is 12.6 Å². The molecular weight excluding hydrogens is 192 g/mol. The van der Waals surface area contributed by atoms with Crippen molar-refractivity contribution in [3.63, 3.8) is 0 Å². The number of thiol groups is 1. The fraction of sp³-hybridized carbons (Fsp3) is 1.00. The van der Waals surface area contributed by atoms with Gasteiger partial charge in [-0.1, -0.05) is 52.4 Å². The van der Waals surface area contributed by atoms with Crippen LogP contribution in [0.1, 0.15) is 65.2 Å². The molecule has 14 heavy (non-hydrogen) atoms. The lowest BCUT2D eigenvalue weighted by Gasteiger charge is -2.09. The Bertz CT molecular complexity index is 106. The van der Waals surface area contributed by atoms with E-state index in [0.717, 1.165) is 13.0 Å². The Balaban J connectivity index is 2.92. The first kappa shape index (κ1) is 14.3. The largest absolute Gasteiger partial charge is 0.368 e. The highest BCUT2D eigenvalue weighted by atomic mass is 32.1. The summed E-state index contributed by atoms with van der Waals surface area (Å²) in [6.45, 7) is 5.24. The van der Waals surface area contributed by atoms with Gasteiger partial charge >= 0.3 is 0 Å². The van der Waals surface area contributed by atoms with E-state index in [4.69, 9.17) is 4.74 Å². The van der Waals surface area contributed by atoms with Crippen molar-refractivity contribution in [2.24, 2.45) is 0 Å². The molecule has 0 fully saturated rings. The number of ether oxygens (including phenoxy) is 1. The highest BCUT2D eigenvalue weighted by Crippen LogP contribution is 2.08. The molecule has 0 aliphatic rings. The van der Waals surface area contributed by atoms with Crippen molar-refractivity contribution >= 4 is 12.6 Å². The number of hydrogen-bond donors (Lipinski definition) is 1. The fourth-order valence-electron chi connectivity index (χ4n) is 1.40. The van der Waals surface area contributed by atoms with Gasteiger partial charge in [0.15, 0.2) is 0 Å². The first-order valence-electron chi connectivity index (χ1n) is 6.11. The summed E-state index contributed by atoms with van der Waals surface area (Å²) in [7, 11) is 0. The van der Waals surface area contributed by atoms with Crippen molar-refractivity contribution in [1.82, 2.24) is 0 Å². The molecule has 86 valence electrons. The summed E-state index contributed by atoms with van der Waals surface area (Å²) in [6, 6.07) is 0. The summed E-state index contributed by atoms with van der Waals surface area (Å²) in [5.41, 5.74) is 0.148. The zero-order chi connectivity index (χ0) is 10.6. The van der Waals surface area contributed by atoms with E-state index in [-0.39, 0.29) is 5.44 Å². The van der Waals surface area contributed by atoms with Crippen LogP contribution in [-0.2, 0) is 4.74 Å². The summed E-state index contributed by atoms with van der Waals surface area (Å²) in [6.07, 6.45) is 10.4. The molecule has 0 saturated heterocycles. The Morgan fingerprint density at radius 1 is 0.929 bits per heavy atom. The molecule has 0 aromatic carbocycles. The van der Waals surface area contributed by atoms with Crippen molar-refractivity contribution in [3.8, 4) is 0 Å². The molecule has 0 N–H and O–H groups in total. The fourth-order valence-corrected chi connectivity index (χ4v) is 1.50. The van der Waals surface area contributed by atoms with Gasteiger partial charge in [0, 0.05) is 6.61 Å². The third-order valence-corrected chi connectivity index (χ3v) is 2.92. The van der Waals surface area contributed by atoms with Gasteiger partial charge in [0.05, 0.1) is 5.44 Å². The molecule has 1 nitrogen and oxygen atoms in total. The minimum absolute atomic E-state index is 0.148. The highest BCUT2D eigenvalue weighted by Gasteiger charge is 1.97. The summed E-state index contributed by atoms with van der Waals surface area (Å²) in [5, 5.41) is 0. The van der Waals surface area contributed by atoms with E-state index in [2.05, 4.69) is 26.5 Å². The molecule has 0 aliphatic heterocycles. The van der Waals surface area contributed by atoms with Gasteiger partial charge in [0.1, 0.15) is 0 Å². The Kier molecular flexibility index (Phi) is 11.6. The van der Waals surface area contributed by atoms with Crippen LogP contribution in [0.2, 0.25) is 0 Å². The second kappa shape index (κ2) is 11.4. The number of unbranched alkanes of at least 4 members (excludes halogenated alkanes) is 6. The third kappa shape index (κ3) is 10.4. The van der Waals surface area contributed by atoms with Crippen LogP contribution in [0.3, 0.4) is 0 Å². The quantitative estimate of drug-likeness (QED) is 0.324. The predicted molar refractivity (Wildman–Crippen MR) is 67.0 cm³/mol. The smallest absolute Gasteiger partial charge is 0.0996 e. The maximum atomic E-state index is 5.48. The molecule has 1 unspecified atom stereocenters. The van der Waals surface area contributed by atoms with Crippen molar-refractivity contribution in [1.29, 1.82) is 0 Å². The van der Waals surface area contributed by atoms with E-state index in [9.17, 15) is 0 Å². The molecule has 0 rings (SSSR count). The average molecular weight is 218 g/mol. The minimum Gasteiger partial charge on any atom is -0.368 e. The summed E-state index contributed by atoms with van der Waals surface area (Å²) in [5.74, 6) is 0. The van der Waals surface area contributed by atoms with E-state index >= 15 is 0 Å². The number of rotatable bonds is 10. The van der Waals surface area contributed by atoms with E-state index < -0.39 is 0 Å². The summed E-state index contributed by atoms with van der Waals surface area (Å²) < 4.78 is 5.48. The van der Waals surface area contributed by atoms with Crippen molar-refractivity contribution in [2.75, 3.05) is 6.61 Å². The maximum Gasteiger partial charge on any atom is 0.0996 e. The lowest BCUT2D eigenvalue weighted by molar-refractivity contribution is 0.108. The maximum absolute atomic E-state index is 5.48. The van der Waals surface area contributed by atoms with Gasteiger partial charge in [-0.15, -0.1) is 12.6 Å². The summed E-state index contributed by atoms with van der Waals surface area (Å²) >= 11 is 4.28. The molecule has 0 aromatic heterocycles. The Morgan fingerprint density at radius 2 is 1.50 bits per heavy atom. The van der Waals surface area contributed by atoms with Gasteiger partial charge in [0.25, 0.3) is 0 Å². The third-order valence-electron chi connectivity index (χ3n) is 2.41. The van der Waals surface area contributed by atoms with Gasteiger partial charge in [-0.2, -0.15) is 0 Å². The molecule has 0 amide bonds. The zero-order valence-corrected chi connectivity index (χ0v) is 10.7. The monoisotopic (exact) mass is 218 g/mol. The van der Waals surface area contributed by atoms with Crippen LogP contribution in [0.4, 0.5) is 0 Å². The Morgan fingerprint density at radius 3 is 2.07 bits per heavy atom. The Labute approximate surface area is 95.0 Å². The first-order chi connectivity index (χ1) is 6.81. The van der Waals surface area contributed by atoms with Gasteiger partial charge < -0.3 is 4.74 Å². The van der Waals surface area contributed by atoms with Gasteiger partial charge in [0.2, 0.25) is 0 Å². The van der Waals surface area contributed by atoms with Crippen LogP contribution in [0.15, 0.2) is 0 Å². The molecule has 1 atom stereocenters. The lowest BCUT2D eigenvalue weighted by atomic mass is 10.1. The second-order valence-electron chi connectivity index (χ2n) is 3.86. The molecule has 0 aromatic rings. The van der Waals surface area contributed by atoms with Crippen LogP contribution < -0.4 is 0 Å². The molecule has 0 radical (unpaired) electrons. The van der Waals surface area contributed by atoms with Crippen molar-refractivity contribution in [3.05, 3.63) is 0 Å². The molecule has 0 aliphatic carbocycles. The minimum atomic E-state index is 0.148. The molecule has 0 bridgehead atoms. The lowest BCUT2D eigenvalue weighted by Crippen LogP contribution is -2.04. The summed E-state index contributed by atoms with van der Waals surface area (Å²) in [4.78, 5) is 0. The van der Waals surface area contributed by atoms with Crippen molar-refractivity contribution in [2.45, 2.75) is 70.7 Å². The molecule has 0 heterocycles. The predicted octanol–water partition coefficient (Wildman–Crippen LogP) is 4.42. The average Bonchev–Trinajstić information content (AvgIpc) is 2.21. The normalized spacial score (nSPS) is 13.1. The first-order valence-corrected chi connectivity index (χ1v) is 6.62. The van der Waals surface area contributed by atoms with Gasteiger partial charge in [-0.05, 0) is 12.8 Å².